The van der Waals surface area contributed by atoms with Crippen LogP contribution in [0, 0.1) is 5.92 Å². The van der Waals surface area contributed by atoms with Crippen LogP contribution in [0.2, 0.25) is 0 Å². The molecule has 17 heavy (non-hydrogen) atoms. The van der Waals surface area contributed by atoms with Gasteiger partial charge in [-0.2, -0.15) is 11.8 Å². The van der Waals surface area contributed by atoms with E-state index in [2.05, 4.69) is 31.3 Å². The van der Waals surface area contributed by atoms with Gasteiger partial charge in [-0.15, -0.1) is 0 Å². The lowest BCUT2D eigenvalue weighted by atomic mass is 10.1. The normalized spacial score (nSPS) is 12.8. The monoisotopic (exact) mass is 253 g/mol. The van der Waals surface area contributed by atoms with E-state index in [1.165, 1.54) is 11.3 Å². The first-order valence-electron chi connectivity index (χ1n) is 6.07. The average molecular weight is 253 g/mol. The fourth-order valence-electron chi connectivity index (χ4n) is 1.70. The summed E-state index contributed by atoms with van der Waals surface area (Å²) in [6.45, 7) is 4.51. The number of rotatable bonds is 7. The van der Waals surface area contributed by atoms with Gasteiger partial charge in [0.05, 0.1) is 7.11 Å². The number of para-hydroxylation sites is 1. The van der Waals surface area contributed by atoms with Crippen molar-refractivity contribution in [2.75, 3.05) is 25.7 Å². The highest BCUT2D eigenvalue weighted by atomic mass is 32.2. The fraction of sp³-hybridized carbons (Fsp3) is 0.571. The summed E-state index contributed by atoms with van der Waals surface area (Å²) in [6, 6.07) is 8.59. The largest absolute Gasteiger partial charge is 0.496 e. The summed E-state index contributed by atoms with van der Waals surface area (Å²) in [5, 5.41) is 3.37. The maximum Gasteiger partial charge on any atom is 0.123 e. The predicted molar refractivity (Wildman–Crippen MR) is 77.0 cm³/mol. The van der Waals surface area contributed by atoms with Gasteiger partial charge in [0.25, 0.3) is 0 Å². The van der Waals surface area contributed by atoms with Crippen LogP contribution in [0.1, 0.15) is 25.5 Å². The number of benzene rings is 1. The molecule has 0 radical (unpaired) electrons. The molecule has 96 valence electrons. The smallest absolute Gasteiger partial charge is 0.123 e. The first-order chi connectivity index (χ1) is 8.19. The molecule has 1 aromatic carbocycles. The highest BCUT2D eigenvalue weighted by Crippen LogP contribution is 2.27. The Balaban J connectivity index is 2.65. The maximum absolute atomic E-state index is 5.41. The van der Waals surface area contributed by atoms with Gasteiger partial charge < -0.3 is 10.1 Å². The number of ether oxygens (including phenoxy) is 1. The Kier molecular flexibility index (Phi) is 6.45. The number of methoxy groups -OCH3 is 1. The van der Waals surface area contributed by atoms with Crippen molar-refractivity contribution in [1.29, 1.82) is 0 Å². The fourth-order valence-corrected chi connectivity index (χ4v) is 2.89. The topological polar surface area (TPSA) is 21.3 Å². The molecule has 1 atom stereocenters. The van der Waals surface area contributed by atoms with E-state index < -0.39 is 0 Å². The lowest BCUT2D eigenvalue weighted by Gasteiger charge is -2.19. The number of thioether (sulfide) groups is 1. The third-order valence-corrected chi connectivity index (χ3v) is 4.07. The third-order valence-electron chi connectivity index (χ3n) is 2.60. The summed E-state index contributed by atoms with van der Waals surface area (Å²) in [5.41, 5.74) is 1.24. The van der Waals surface area contributed by atoms with Crippen LogP contribution < -0.4 is 10.1 Å². The Morgan fingerprint density at radius 1 is 1.24 bits per heavy atom. The lowest BCUT2D eigenvalue weighted by Crippen LogP contribution is -2.20. The molecule has 0 aliphatic carbocycles. The molecule has 2 nitrogen and oxygen atoms in total. The summed E-state index contributed by atoms with van der Waals surface area (Å²) in [6.07, 6.45) is 0. The Morgan fingerprint density at radius 2 is 1.94 bits per heavy atom. The summed E-state index contributed by atoms with van der Waals surface area (Å²) in [5.74, 6) is 4.00. The molecule has 0 amide bonds. The van der Waals surface area contributed by atoms with Crippen molar-refractivity contribution < 1.29 is 4.74 Å². The zero-order valence-electron chi connectivity index (χ0n) is 11.2. The number of hydrogen-bond acceptors (Lipinski definition) is 3. The van der Waals surface area contributed by atoms with Crippen molar-refractivity contribution in [3.05, 3.63) is 29.8 Å². The van der Waals surface area contributed by atoms with E-state index in [0.29, 0.717) is 6.04 Å². The van der Waals surface area contributed by atoms with Gasteiger partial charge in [0.15, 0.2) is 0 Å². The molecule has 1 rings (SSSR count). The Morgan fingerprint density at radius 3 is 2.53 bits per heavy atom. The van der Waals surface area contributed by atoms with Crippen molar-refractivity contribution >= 4 is 11.8 Å². The van der Waals surface area contributed by atoms with Gasteiger partial charge in [0.1, 0.15) is 5.75 Å². The molecule has 0 aromatic heterocycles. The summed E-state index contributed by atoms with van der Waals surface area (Å²) < 4.78 is 5.41. The minimum absolute atomic E-state index is 0.356. The van der Waals surface area contributed by atoms with Crippen LogP contribution in [0.25, 0.3) is 0 Å². The van der Waals surface area contributed by atoms with E-state index in [0.717, 1.165) is 17.4 Å². The predicted octanol–water partition coefficient (Wildman–Crippen LogP) is 3.34. The zero-order chi connectivity index (χ0) is 12.7. The Bertz CT molecular complexity index is 328. The first kappa shape index (κ1) is 14.4. The summed E-state index contributed by atoms with van der Waals surface area (Å²) >= 11 is 1.99. The van der Waals surface area contributed by atoms with E-state index in [1.54, 1.807) is 7.11 Å². The molecule has 0 spiro atoms. The molecule has 0 aliphatic heterocycles. The van der Waals surface area contributed by atoms with E-state index in [1.807, 2.05) is 30.9 Å². The molecule has 0 fully saturated rings. The second-order valence-corrected chi connectivity index (χ2v) is 5.59. The van der Waals surface area contributed by atoms with Gasteiger partial charge in [-0.05, 0) is 24.8 Å². The molecular weight excluding hydrogens is 230 g/mol. The van der Waals surface area contributed by atoms with E-state index in [-0.39, 0.29) is 0 Å². The van der Waals surface area contributed by atoms with E-state index in [9.17, 15) is 0 Å². The van der Waals surface area contributed by atoms with Crippen LogP contribution in [-0.4, -0.2) is 25.7 Å². The second kappa shape index (κ2) is 7.62. The van der Waals surface area contributed by atoms with Crippen LogP contribution in [0.15, 0.2) is 24.3 Å². The second-order valence-electron chi connectivity index (χ2n) is 4.51. The Labute approximate surface area is 109 Å². The molecule has 1 N–H and O–H groups in total. The Hall–Kier alpha value is -0.670. The van der Waals surface area contributed by atoms with E-state index in [4.69, 9.17) is 4.74 Å². The van der Waals surface area contributed by atoms with Gasteiger partial charge in [0.2, 0.25) is 0 Å². The third kappa shape index (κ3) is 4.60. The van der Waals surface area contributed by atoms with Crippen LogP contribution in [0.3, 0.4) is 0 Å². The molecule has 3 heteroatoms. The molecule has 0 saturated heterocycles. The van der Waals surface area contributed by atoms with Crippen molar-refractivity contribution in [3.63, 3.8) is 0 Å². The summed E-state index contributed by atoms with van der Waals surface area (Å²) in [4.78, 5) is 0. The molecule has 0 heterocycles. The van der Waals surface area contributed by atoms with Gasteiger partial charge in [0, 0.05) is 17.4 Å². The quantitative estimate of drug-likeness (QED) is 0.805. The van der Waals surface area contributed by atoms with Gasteiger partial charge in [-0.3, -0.25) is 0 Å². The molecule has 0 aliphatic rings. The van der Waals surface area contributed by atoms with Crippen molar-refractivity contribution in [3.8, 4) is 5.75 Å². The minimum atomic E-state index is 0.356. The maximum atomic E-state index is 5.41. The van der Waals surface area contributed by atoms with Crippen LogP contribution in [0.5, 0.6) is 5.75 Å². The molecule has 1 unspecified atom stereocenters. The van der Waals surface area contributed by atoms with Crippen molar-refractivity contribution in [1.82, 2.24) is 5.32 Å². The van der Waals surface area contributed by atoms with Gasteiger partial charge in [-0.25, -0.2) is 0 Å². The molecule has 0 saturated carbocycles. The average Bonchev–Trinajstić information content (AvgIpc) is 2.34. The number of hydrogen-bond donors (Lipinski definition) is 1. The molecular formula is C14H23NOS. The van der Waals surface area contributed by atoms with E-state index >= 15 is 0 Å². The summed E-state index contributed by atoms with van der Waals surface area (Å²) in [7, 11) is 3.74. The van der Waals surface area contributed by atoms with Crippen LogP contribution in [0.4, 0.5) is 0 Å². The standard InChI is InChI=1S/C14H23NOS/c1-11(2)9-17-10-13(15-3)12-7-5-6-8-14(12)16-4/h5-8,11,13,15H,9-10H2,1-4H3. The zero-order valence-corrected chi connectivity index (χ0v) is 12.0. The minimum Gasteiger partial charge on any atom is -0.496 e. The van der Waals surface area contributed by atoms with Crippen molar-refractivity contribution in [2.24, 2.45) is 5.92 Å². The van der Waals surface area contributed by atoms with Crippen LogP contribution in [-0.2, 0) is 0 Å². The lowest BCUT2D eigenvalue weighted by molar-refractivity contribution is 0.404. The highest BCUT2D eigenvalue weighted by molar-refractivity contribution is 7.99. The van der Waals surface area contributed by atoms with Gasteiger partial charge >= 0.3 is 0 Å². The van der Waals surface area contributed by atoms with Gasteiger partial charge in [-0.1, -0.05) is 32.0 Å². The highest BCUT2D eigenvalue weighted by Gasteiger charge is 2.13. The molecule has 0 bridgehead atoms. The number of nitrogens with one attached hydrogen (secondary N) is 1. The van der Waals surface area contributed by atoms with Crippen molar-refractivity contribution in [2.45, 2.75) is 19.9 Å². The molecule has 1 aromatic rings. The first-order valence-corrected chi connectivity index (χ1v) is 7.22. The SMILES string of the molecule is CNC(CSCC(C)C)c1ccccc1OC. The van der Waals surface area contributed by atoms with Crippen LogP contribution >= 0.6 is 11.8 Å².